The molecule has 1 heterocycles. The van der Waals surface area contributed by atoms with Crippen molar-refractivity contribution in [1.82, 2.24) is 4.57 Å². The van der Waals surface area contributed by atoms with Crippen molar-refractivity contribution < 1.29 is 14.3 Å². The van der Waals surface area contributed by atoms with Crippen LogP contribution in [0.15, 0.2) is 27.4 Å². The Morgan fingerprint density at radius 3 is 2.68 bits per heavy atom. The molecule has 0 fully saturated rings. The number of aliphatic carboxylic acids is 1. The van der Waals surface area contributed by atoms with Gasteiger partial charge in [-0.05, 0) is 30.0 Å². The maximum atomic E-state index is 11.4. The molecule has 102 valence electrons. The number of benzene rings is 1. The number of rotatable bonds is 4. The molecule has 5 nitrogen and oxygen atoms in total. The second-order valence-electron chi connectivity index (χ2n) is 5.12. The second kappa shape index (κ2) is 4.91. The second-order valence-corrected chi connectivity index (χ2v) is 5.12. The van der Waals surface area contributed by atoms with E-state index < -0.39 is 17.6 Å². The Balaban J connectivity index is 2.38. The zero-order valence-corrected chi connectivity index (χ0v) is 11.2. The van der Waals surface area contributed by atoms with Gasteiger partial charge in [-0.15, -0.1) is 0 Å². The number of oxazole rings is 1. The fraction of sp³-hybridized carbons (Fsp3) is 0.429. The fourth-order valence-electron chi connectivity index (χ4n) is 2.16. The van der Waals surface area contributed by atoms with Crippen LogP contribution in [0.2, 0.25) is 0 Å². The molecule has 1 aromatic carbocycles. The largest absolute Gasteiger partial charge is 0.481 e. The summed E-state index contributed by atoms with van der Waals surface area (Å²) in [5.41, 5.74) is 2.10. The predicted octanol–water partition coefficient (Wildman–Crippen LogP) is 2.03. The summed E-state index contributed by atoms with van der Waals surface area (Å²) in [4.78, 5) is 22.6. The van der Waals surface area contributed by atoms with Gasteiger partial charge in [0.05, 0.1) is 11.4 Å². The molecule has 0 spiro atoms. The zero-order valence-electron chi connectivity index (χ0n) is 11.2. The molecule has 1 unspecified atom stereocenters. The van der Waals surface area contributed by atoms with E-state index in [2.05, 4.69) is 0 Å². The molecule has 2 rings (SSSR count). The predicted molar refractivity (Wildman–Crippen MR) is 71.1 cm³/mol. The van der Waals surface area contributed by atoms with Crippen LogP contribution in [-0.4, -0.2) is 15.6 Å². The van der Waals surface area contributed by atoms with Crippen molar-refractivity contribution >= 4 is 17.1 Å². The number of aromatic nitrogens is 1. The van der Waals surface area contributed by atoms with Gasteiger partial charge in [0.25, 0.3) is 0 Å². The Hall–Kier alpha value is -2.04. The number of hydrogen-bond donors (Lipinski definition) is 1. The van der Waals surface area contributed by atoms with E-state index in [0.717, 1.165) is 5.56 Å². The van der Waals surface area contributed by atoms with E-state index in [4.69, 9.17) is 4.42 Å². The smallest absolute Gasteiger partial charge is 0.419 e. The van der Waals surface area contributed by atoms with E-state index >= 15 is 0 Å². The topological polar surface area (TPSA) is 72.4 Å². The van der Waals surface area contributed by atoms with Crippen molar-refractivity contribution in [2.45, 2.75) is 20.3 Å². The average molecular weight is 263 g/mol. The van der Waals surface area contributed by atoms with E-state index in [0.29, 0.717) is 17.5 Å². The Morgan fingerprint density at radius 1 is 1.42 bits per heavy atom. The van der Waals surface area contributed by atoms with Gasteiger partial charge in [0.2, 0.25) is 0 Å². The molecule has 0 saturated heterocycles. The van der Waals surface area contributed by atoms with Crippen LogP contribution in [0.5, 0.6) is 0 Å². The van der Waals surface area contributed by atoms with Crippen LogP contribution in [0.4, 0.5) is 0 Å². The van der Waals surface area contributed by atoms with Crippen LogP contribution in [0, 0.1) is 11.8 Å². The van der Waals surface area contributed by atoms with Crippen LogP contribution in [-0.2, 0) is 18.3 Å². The SMILES string of the molecule is CC(C)C(Cc1ccc2oc(=O)n(C)c2c1)C(=O)O. The number of hydrogen-bond acceptors (Lipinski definition) is 3. The minimum atomic E-state index is -0.795. The molecule has 19 heavy (non-hydrogen) atoms. The van der Waals surface area contributed by atoms with E-state index in [-0.39, 0.29) is 5.92 Å². The van der Waals surface area contributed by atoms with Crippen molar-refractivity contribution in [3.8, 4) is 0 Å². The average Bonchev–Trinajstić information content (AvgIpc) is 2.62. The van der Waals surface area contributed by atoms with Gasteiger partial charge in [0, 0.05) is 7.05 Å². The number of carboxylic acid groups (broad SMARTS) is 1. The van der Waals surface area contributed by atoms with Gasteiger partial charge in [-0.25, -0.2) is 4.79 Å². The highest BCUT2D eigenvalue weighted by Crippen LogP contribution is 2.21. The van der Waals surface area contributed by atoms with E-state index in [1.165, 1.54) is 4.57 Å². The van der Waals surface area contributed by atoms with Gasteiger partial charge < -0.3 is 9.52 Å². The summed E-state index contributed by atoms with van der Waals surface area (Å²) in [5.74, 6) is -1.58. The van der Waals surface area contributed by atoms with Crippen LogP contribution in [0.3, 0.4) is 0 Å². The minimum absolute atomic E-state index is 0.0568. The molecule has 1 N–H and O–H groups in total. The van der Waals surface area contributed by atoms with E-state index in [1.807, 2.05) is 26.0 Å². The van der Waals surface area contributed by atoms with Gasteiger partial charge in [0.1, 0.15) is 0 Å². The first-order valence-electron chi connectivity index (χ1n) is 6.21. The molecular weight excluding hydrogens is 246 g/mol. The van der Waals surface area contributed by atoms with Crippen molar-refractivity contribution in [1.29, 1.82) is 0 Å². The Morgan fingerprint density at radius 2 is 2.11 bits per heavy atom. The summed E-state index contributed by atoms with van der Waals surface area (Å²) in [7, 11) is 1.63. The van der Waals surface area contributed by atoms with Crippen LogP contribution < -0.4 is 5.76 Å². The van der Waals surface area contributed by atoms with Crippen molar-refractivity contribution in [3.63, 3.8) is 0 Å². The summed E-state index contributed by atoms with van der Waals surface area (Å²) in [6.07, 6.45) is 0.447. The van der Waals surface area contributed by atoms with E-state index in [1.54, 1.807) is 13.1 Å². The zero-order chi connectivity index (χ0) is 14.2. The summed E-state index contributed by atoms with van der Waals surface area (Å²) in [6, 6.07) is 5.34. The highest BCUT2D eigenvalue weighted by molar-refractivity contribution is 5.74. The van der Waals surface area contributed by atoms with Crippen LogP contribution in [0.1, 0.15) is 19.4 Å². The number of carboxylic acids is 1. The Kier molecular flexibility index (Phi) is 3.46. The van der Waals surface area contributed by atoms with Gasteiger partial charge in [0.15, 0.2) is 5.58 Å². The van der Waals surface area contributed by atoms with Crippen molar-refractivity contribution in [2.75, 3.05) is 0 Å². The highest BCUT2D eigenvalue weighted by atomic mass is 16.4. The number of fused-ring (bicyclic) bond motifs is 1. The molecule has 2 aromatic rings. The molecule has 0 amide bonds. The molecule has 0 aliphatic heterocycles. The lowest BCUT2D eigenvalue weighted by Gasteiger charge is -2.16. The van der Waals surface area contributed by atoms with Gasteiger partial charge >= 0.3 is 11.7 Å². The number of aryl methyl sites for hydroxylation is 1. The maximum Gasteiger partial charge on any atom is 0.419 e. The quantitative estimate of drug-likeness (QED) is 0.916. The molecule has 0 radical (unpaired) electrons. The summed E-state index contributed by atoms with van der Waals surface area (Å²) >= 11 is 0. The van der Waals surface area contributed by atoms with Gasteiger partial charge in [-0.3, -0.25) is 9.36 Å². The van der Waals surface area contributed by atoms with Crippen molar-refractivity contribution in [2.24, 2.45) is 18.9 Å². The fourth-order valence-corrected chi connectivity index (χ4v) is 2.16. The lowest BCUT2D eigenvalue weighted by atomic mass is 9.89. The molecule has 0 saturated carbocycles. The third-order valence-corrected chi connectivity index (χ3v) is 3.43. The highest BCUT2D eigenvalue weighted by Gasteiger charge is 2.22. The summed E-state index contributed by atoms with van der Waals surface area (Å²) < 4.78 is 6.47. The third-order valence-electron chi connectivity index (χ3n) is 3.43. The first kappa shape index (κ1) is 13.4. The maximum absolute atomic E-state index is 11.4. The molecule has 5 heteroatoms. The molecule has 0 aliphatic rings. The lowest BCUT2D eigenvalue weighted by Crippen LogP contribution is -2.22. The van der Waals surface area contributed by atoms with Crippen LogP contribution >= 0.6 is 0 Å². The molecule has 1 aromatic heterocycles. The molecule has 0 aliphatic carbocycles. The van der Waals surface area contributed by atoms with E-state index in [9.17, 15) is 14.7 Å². The lowest BCUT2D eigenvalue weighted by molar-refractivity contribution is -0.143. The number of carbonyl (C=O) groups is 1. The minimum Gasteiger partial charge on any atom is -0.481 e. The molecule has 0 bridgehead atoms. The third kappa shape index (κ3) is 2.54. The molecule has 1 atom stereocenters. The molecular formula is C14H17NO4. The number of nitrogens with zero attached hydrogens (tertiary/aromatic N) is 1. The van der Waals surface area contributed by atoms with Crippen LogP contribution in [0.25, 0.3) is 11.1 Å². The normalized spacial score (nSPS) is 13.1. The summed E-state index contributed by atoms with van der Waals surface area (Å²) in [6.45, 7) is 3.79. The van der Waals surface area contributed by atoms with Gasteiger partial charge in [-0.1, -0.05) is 19.9 Å². The Labute approximate surface area is 110 Å². The first-order chi connectivity index (χ1) is 8.90. The van der Waals surface area contributed by atoms with Crippen molar-refractivity contribution in [3.05, 3.63) is 34.3 Å². The Bertz CT molecular complexity index is 666. The summed E-state index contributed by atoms with van der Waals surface area (Å²) in [5, 5.41) is 9.20. The first-order valence-corrected chi connectivity index (χ1v) is 6.21. The van der Waals surface area contributed by atoms with Gasteiger partial charge in [-0.2, -0.15) is 0 Å². The monoisotopic (exact) mass is 263 g/mol. The standard InChI is InChI=1S/C14H17NO4/c1-8(2)10(13(16)17)6-9-4-5-12-11(7-9)15(3)14(18)19-12/h4-5,7-8,10H,6H2,1-3H3,(H,16,17).